The average Bonchev–Trinajstić information content (AvgIpc) is 2.89. The van der Waals surface area contributed by atoms with Gasteiger partial charge in [-0.15, -0.1) is 0 Å². The van der Waals surface area contributed by atoms with E-state index in [-0.39, 0.29) is 23.7 Å². The molecule has 6 heteroatoms. The van der Waals surface area contributed by atoms with Gasteiger partial charge in [0.1, 0.15) is 12.2 Å². The molecule has 148 valence electrons. The highest BCUT2D eigenvalue weighted by Gasteiger charge is 2.44. The number of fused-ring (bicyclic) bond motifs is 1. The molecule has 2 rings (SSSR count). The molecule has 4 atom stereocenters. The summed E-state index contributed by atoms with van der Waals surface area (Å²) in [4.78, 5) is 24.5. The zero-order valence-electron chi connectivity index (χ0n) is 16.1. The number of rotatable bonds is 4. The van der Waals surface area contributed by atoms with Crippen LogP contribution in [0.1, 0.15) is 33.6 Å². The number of esters is 2. The normalized spacial score (nSPS) is 33.3. The summed E-state index contributed by atoms with van der Waals surface area (Å²) >= 11 is 0. The van der Waals surface area contributed by atoms with Crippen LogP contribution in [0, 0.1) is 11.8 Å². The molecule has 0 aromatic rings. The summed E-state index contributed by atoms with van der Waals surface area (Å²) in [6, 6.07) is 0. The summed E-state index contributed by atoms with van der Waals surface area (Å²) in [5.74, 6) is -1.70. The second kappa shape index (κ2) is 9.15. The zero-order valence-corrected chi connectivity index (χ0v) is 16.1. The van der Waals surface area contributed by atoms with Crippen LogP contribution < -0.4 is 0 Å². The number of ether oxygens (including phenoxy) is 2. The van der Waals surface area contributed by atoms with Gasteiger partial charge in [0.05, 0.1) is 18.1 Å². The summed E-state index contributed by atoms with van der Waals surface area (Å²) < 4.78 is 11.1. The second-order valence-electron chi connectivity index (χ2n) is 7.12. The highest BCUT2D eigenvalue weighted by Crippen LogP contribution is 2.37. The Morgan fingerprint density at radius 2 is 2.11 bits per heavy atom. The first-order valence-corrected chi connectivity index (χ1v) is 9.13. The fourth-order valence-electron chi connectivity index (χ4n) is 3.45. The van der Waals surface area contributed by atoms with Gasteiger partial charge < -0.3 is 19.7 Å². The van der Waals surface area contributed by atoms with Gasteiger partial charge in [0.15, 0.2) is 0 Å². The van der Waals surface area contributed by atoms with E-state index in [4.69, 9.17) is 9.47 Å². The molecule has 0 spiro atoms. The van der Waals surface area contributed by atoms with Crippen LogP contribution in [0.3, 0.4) is 0 Å². The van der Waals surface area contributed by atoms with Crippen molar-refractivity contribution in [3.8, 4) is 0 Å². The molecule has 1 saturated heterocycles. The number of carbonyl (C=O) groups excluding carboxylic acids is 2. The standard InChI is InChI=1S/C21H28O6/c1-5-15(10-22)21(25)27-17-8-12(2)6-7-16(11-23)13(3)9-18-19(17)14(4)20(24)26-18/h5-6,9,16-19,22-23H,4,7-8,10-11H2,1-3H3/b12-6+,13-9-,15-5+/t16-,17+,18+,19+/m0/s1. The van der Waals surface area contributed by atoms with Gasteiger partial charge in [0, 0.05) is 24.5 Å². The van der Waals surface area contributed by atoms with Crippen LogP contribution in [0.4, 0.5) is 0 Å². The van der Waals surface area contributed by atoms with E-state index in [1.807, 2.05) is 26.0 Å². The van der Waals surface area contributed by atoms with E-state index in [0.29, 0.717) is 12.8 Å². The van der Waals surface area contributed by atoms with E-state index in [9.17, 15) is 19.8 Å². The van der Waals surface area contributed by atoms with Crippen molar-refractivity contribution in [1.82, 2.24) is 0 Å². The van der Waals surface area contributed by atoms with E-state index in [1.165, 1.54) is 6.08 Å². The van der Waals surface area contributed by atoms with Crippen LogP contribution in [0.5, 0.6) is 0 Å². The molecule has 0 aromatic heterocycles. The highest BCUT2D eigenvalue weighted by molar-refractivity contribution is 5.92. The summed E-state index contributed by atoms with van der Waals surface area (Å²) in [5.41, 5.74) is 2.32. The number of hydrogen-bond acceptors (Lipinski definition) is 6. The molecule has 2 N–H and O–H groups in total. The lowest BCUT2D eigenvalue weighted by atomic mass is 9.83. The monoisotopic (exact) mass is 376 g/mol. The maximum absolute atomic E-state index is 12.4. The molecule has 1 aliphatic carbocycles. The summed E-state index contributed by atoms with van der Waals surface area (Å²) in [5, 5.41) is 19.0. The number of allylic oxidation sites excluding steroid dienone is 2. The first kappa shape index (κ1) is 21.1. The maximum Gasteiger partial charge on any atom is 0.336 e. The number of aliphatic hydroxyl groups excluding tert-OH is 2. The Morgan fingerprint density at radius 1 is 1.41 bits per heavy atom. The largest absolute Gasteiger partial charge is 0.458 e. The Hall–Kier alpha value is -2.18. The van der Waals surface area contributed by atoms with Gasteiger partial charge in [-0.25, -0.2) is 9.59 Å². The Bertz CT molecular complexity index is 699. The smallest absolute Gasteiger partial charge is 0.336 e. The van der Waals surface area contributed by atoms with E-state index in [1.54, 1.807) is 6.92 Å². The quantitative estimate of drug-likeness (QED) is 0.444. The Balaban J connectivity index is 2.42. The van der Waals surface area contributed by atoms with Gasteiger partial charge in [-0.1, -0.05) is 29.9 Å². The molecule has 6 nitrogen and oxygen atoms in total. The molecule has 1 aliphatic heterocycles. The maximum atomic E-state index is 12.4. The molecule has 0 radical (unpaired) electrons. The lowest BCUT2D eigenvalue weighted by Crippen LogP contribution is -2.34. The van der Waals surface area contributed by atoms with Gasteiger partial charge in [-0.05, 0) is 33.3 Å². The van der Waals surface area contributed by atoms with Crippen molar-refractivity contribution in [3.63, 3.8) is 0 Å². The van der Waals surface area contributed by atoms with Crippen LogP contribution in [-0.2, 0) is 19.1 Å². The van der Waals surface area contributed by atoms with Crippen LogP contribution in [0.15, 0.2) is 47.1 Å². The van der Waals surface area contributed by atoms with Gasteiger partial charge >= 0.3 is 11.9 Å². The minimum atomic E-state index is -0.645. The first-order valence-electron chi connectivity index (χ1n) is 9.13. The third kappa shape index (κ3) is 4.76. The number of hydrogen-bond donors (Lipinski definition) is 2. The van der Waals surface area contributed by atoms with Crippen molar-refractivity contribution in [2.45, 2.75) is 45.8 Å². The first-order chi connectivity index (χ1) is 12.8. The molecule has 0 unspecified atom stereocenters. The zero-order chi connectivity index (χ0) is 20.1. The van der Waals surface area contributed by atoms with Gasteiger partial charge in [-0.2, -0.15) is 0 Å². The van der Waals surface area contributed by atoms with E-state index >= 15 is 0 Å². The lowest BCUT2D eigenvalue weighted by molar-refractivity contribution is -0.147. The molecule has 1 fully saturated rings. The predicted octanol–water partition coefficient (Wildman–Crippen LogP) is 2.23. The minimum Gasteiger partial charge on any atom is -0.458 e. The summed E-state index contributed by atoms with van der Waals surface area (Å²) in [6.07, 6.45) is 5.15. The Morgan fingerprint density at radius 3 is 2.70 bits per heavy atom. The molecule has 1 heterocycles. The summed E-state index contributed by atoms with van der Waals surface area (Å²) in [6.45, 7) is 8.89. The summed E-state index contributed by atoms with van der Waals surface area (Å²) in [7, 11) is 0. The molecule has 2 aliphatic rings. The van der Waals surface area contributed by atoms with Gasteiger partial charge in [0.2, 0.25) is 0 Å². The van der Waals surface area contributed by atoms with Gasteiger partial charge in [0.25, 0.3) is 0 Å². The van der Waals surface area contributed by atoms with Crippen molar-refractivity contribution in [3.05, 3.63) is 47.1 Å². The van der Waals surface area contributed by atoms with Crippen LogP contribution in [0.2, 0.25) is 0 Å². The molecule has 0 aromatic carbocycles. The van der Waals surface area contributed by atoms with Crippen molar-refractivity contribution in [2.24, 2.45) is 11.8 Å². The fraction of sp³-hybridized carbons (Fsp3) is 0.524. The molecule has 0 amide bonds. The lowest BCUT2D eigenvalue weighted by Gasteiger charge is -2.28. The highest BCUT2D eigenvalue weighted by atomic mass is 16.6. The molecule has 27 heavy (non-hydrogen) atoms. The molecular formula is C21H28O6. The molecule has 0 bridgehead atoms. The van der Waals surface area contributed by atoms with Crippen molar-refractivity contribution in [1.29, 1.82) is 0 Å². The van der Waals surface area contributed by atoms with E-state index in [2.05, 4.69) is 6.58 Å². The van der Waals surface area contributed by atoms with E-state index < -0.39 is 36.7 Å². The third-order valence-corrected chi connectivity index (χ3v) is 5.27. The SMILES string of the molecule is C=C1C(=O)O[C@@H]2/C=C(/C)[C@H](CO)C/C=C(\C)C[C@@H](OC(=O)/C(=C/C)CO)[C@@H]12. The molecule has 0 saturated carbocycles. The number of aliphatic hydroxyl groups is 2. The Labute approximate surface area is 159 Å². The van der Waals surface area contributed by atoms with Crippen LogP contribution in [-0.4, -0.2) is 47.6 Å². The third-order valence-electron chi connectivity index (χ3n) is 5.27. The fourth-order valence-corrected chi connectivity index (χ4v) is 3.45. The molecular weight excluding hydrogens is 348 g/mol. The van der Waals surface area contributed by atoms with Crippen molar-refractivity contribution in [2.75, 3.05) is 13.2 Å². The average molecular weight is 376 g/mol. The topological polar surface area (TPSA) is 93.1 Å². The second-order valence-corrected chi connectivity index (χ2v) is 7.12. The van der Waals surface area contributed by atoms with Gasteiger partial charge in [-0.3, -0.25) is 0 Å². The van der Waals surface area contributed by atoms with Crippen LogP contribution in [0.25, 0.3) is 0 Å². The van der Waals surface area contributed by atoms with Crippen LogP contribution >= 0.6 is 0 Å². The van der Waals surface area contributed by atoms with Crippen molar-refractivity contribution >= 4 is 11.9 Å². The number of carbonyl (C=O) groups is 2. The predicted molar refractivity (Wildman–Crippen MR) is 101 cm³/mol. The Kier molecular flexibility index (Phi) is 7.16. The minimum absolute atomic E-state index is 0.00202. The van der Waals surface area contributed by atoms with Crippen molar-refractivity contribution < 1.29 is 29.3 Å². The van der Waals surface area contributed by atoms with E-state index in [0.717, 1.165) is 11.1 Å².